The number of thioether (sulfide) groups is 1. The molecule has 1 aliphatic rings. The third-order valence-corrected chi connectivity index (χ3v) is 4.26. The van der Waals surface area contributed by atoms with E-state index >= 15 is 0 Å². The van der Waals surface area contributed by atoms with Gasteiger partial charge in [-0.3, -0.25) is 4.99 Å². The number of ether oxygens (including phenoxy) is 2. The molecule has 0 radical (unpaired) electrons. The summed E-state index contributed by atoms with van der Waals surface area (Å²) in [5.74, 6) is 1.54. The van der Waals surface area contributed by atoms with E-state index in [0.717, 1.165) is 36.2 Å². The first-order chi connectivity index (χ1) is 9.54. The lowest BCUT2D eigenvalue weighted by molar-refractivity contribution is 0.354. The van der Waals surface area contributed by atoms with Crippen LogP contribution in [0.2, 0.25) is 0 Å². The van der Waals surface area contributed by atoms with Crippen LogP contribution in [0.5, 0.6) is 11.5 Å². The minimum Gasteiger partial charge on any atom is -0.493 e. The highest BCUT2D eigenvalue weighted by molar-refractivity contribution is 8.15. The molecular formula is C15H22N2O2S. The maximum absolute atomic E-state index is 5.31. The molecule has 0 saturated heterocycles. The first kappa shape index (κ1) is 15.0. The molecule has 0 unspecified atom stereocenters. The van der Waals surface area contributed by atoms with E-state index in [2.05, 4.69) is 30.2 Å². The molecule has 20 heavy (non-hydrogen) atoms. The van der Waals surface area contributed by atoms with E-state index < -0.39 is 0 Å². The van der Waals surface area contributed by atoms with Crippen molar-refractivity contribution >= 4 is 16.9 Å². The molecule has 4 nitrogen and oxygen atoms in total. The lowest BCUT2D eigenvalue weighted by Crippen LogP contribution is -2.23. The lowest BCUT2D eigenvalue weighted by atomic mass is 10.1. The Bertz CT molecular complexity index is 501. The minimum absolute atomic E-state index is 0.228. The van der Waals surface area contributed by atoms with Crippen LogP contribution in [0.25, 0.3) is 0 Å². The van der Waals surface area contributed by atoms with Gasteiger partial charge in [-0.05, 0) is 38.0 Å². The van der Waals surface area contributed by atoms with Gasteiger partial charge in [-0.2, -0.15) is 0 Å². The largest absolute Gasteiger partial charge is 0.493 e. The third-order valence-electron chi connectivity index (χ3n) is 3.11. The van der Waals surface area contributed by atoms with Crippen molar-refractivity contribution in [2.75, 3.05) is 27.3 Å². The fourth-order valence-electron chi connectivity index (χ4n) is 2.03. The van der Waals surface area contributed by atoms with Crippen molar-refractivity contribution in [1.82, 2.24) is 5.32 Å². The van der Waals surface area contributed by atoms with Crippen molar-refractivity contribution in [2.45, 2.75) is 25.0 Å². The Balaban J connectivity index is 1.86. The number of nitrogens with one attached hydrogen (secondary N) is 1. The maximum Gasteiger partial charge on any atom is 0.160 e. The van der Waals surface area contributed by atoms with Gasteiger partial charge in [0.2, 0.25) is 0 Å². The summed E-state index contributed by atoms with van der Waals surface area (Å²) in [6, 6.07) is 6.03. The minimum atomic E-state index is 0.228. The zero-order valence-electron chi connectivity index (χ0n) is 12.5. The number of amidine groups is 1. The Morgan fingerprint density at radius 3 is 2.60 bits per heavy atom. The van der Waals surface area contributed by atoms with Gasteiger partial charge in [0.15, 0.2) is 16.7 Å². The van der Waals surface area contributed by atoms with E-state index in [1.807, 2.05) is 23.9 Å². The van der Waals surface area contributed by atoms with Crippen LogP contribution in [-0.2, 0) is 6.42 Å². The van der Waals surface area contributed by atoms with Crippen LogP contribution < -0.4 is 14.8 Å². The Morgan fingerprint density at radius 1 is 1.25 bits per heavy atom. The van der Waals surface area contributed by atoms with Crippen LogP contribution in [0.3, 0.4) is 0 Å². The van der Waals surface area contributed by atoms with E-state index in [1.165, 1.54) is 5.56 Å². The topological polar surface area (TPSA) is 42.8 Å². The molecule has 0 bridgehead atoms. The van der Waals surface area contributed by atoms with E-state index in [4.69, 9.17) is 9.47 Å². The van der Waals surface area contributed by atoms with E-state index in [9.17, 15) is 0 Å². The first-order valence-electron chi connectivity index (χ1n) is 6.72. The van der Waals surface area contributed by atoms with Crippen molar-refractivity contribution in [3.05, 3.63) is 23.8 Å². The smallest absolute Gasteiger partial charge is 0.160 e. The van der Waals surface area contributed by atoms with Gasteiger partial charge in [0.05, 0.1) is 20.8 Å². The Hall–Kier alpha value is -1.36. The molecule has 0 aromatic heterocycles. The predicted octanol–water partition coefficient (Wildman–Crippen LogP) is 2.72. The van der Waals surface area contributed by atoms with Gasteiger partial charge >= 0.3 is 0 Å². The molecule has 5 heteroatoms. The average molecular weight is 294 g/mol. The number of benzene rings is 1. The van der Waals surface area contributed by atoms with Crippen LogP contribution in [0.4, 0.5) is 0 Å². The van der Waals surface area contributed by atoms with Gasteiger partial charge < -0.3 is 14.8 Å². The third kappa shape index (κ3) is 3.82. The number of hydrogen-bond acceptors (Lipinski definition) is 5. The summed E-state index contributed by atoms with van der Waals surface area (Å²) in [7, 11) is 3.31. The van der Waals surface area contributed by atoms with Crippen molar-refractivity contribution in [3.8, 4) is 11.5 Å². The molecule has 0 aliphatic carbocycles. The van der Waals surface area contributed by atoms with Gasteiger partial charge in [-0.1, -0.05) is 17.8 Å². The fraction of sp³-hybridized carbons (Fsp3) is 0.533. The van der Waals surface area contributed by atoms with Gasteiger partial charge in [0.25, 0.3) is 0 Å². The second kappa shape index (κ2) is 6.39. The van der Waals surface area contributed by atoms with Crippen molar-refractivity contribution in [1.29, 1.82) is 0 Å². The molecule has 1 heterocycles. The zero-order valence-corrected chi connectivity index (χ0v) is 13.3. The molecule has 0 fully saturated rings. The zero-order chi connectivity index (χ0) is 14.6. The molecule has 1 N–H and O–H groups in total. The highest BCUT2D eigenvalue weighted by Crippen LogP contribution is 2.31. The molecule has 0 spiro atoms. The van der Waals surface area contributed by atoms with E-state index in [-0.39, 0.29) is 4.75 Å². The van der Waals surface area contributed by atoms with Crippen molar-refractivity contribution < 1.29 is 9.47 Å². The van der Waals surface area contributed by atoms with Crippen molar-refractivity contribution in [2.24, 2.45) is 4.99 Å². The van der Waals surface area contributed by atoms with Gasteiger partial charge in [0, 0.05) is 11.3 Å². The van der Waals surface area contributed by atoms with Gasteiger partial charge in [-0.15, -0.1) is 0 Å². The maximum atomic E-state index is 5.31. The van der Waals surface area contributed by atoms with Crippen LogP contribution in [0, 0.1) is 0 Å². The first-order valence-corrected chi connectivity index (χ1v) is 7.54. The quantitative estimate of drug-likeness (QED) is 0.907. The van der Waals surface area contributed by atoms with Gasteiger partial charge in [-0.25, -0.2) is 0 Å². The molecule has 0 amide bonds. The fourth-order valence-corrected chi connectivity index (χ4v) is 2.99. The second-order valence-corrected chi connectivity index (χ2v) is 7.05. The number of methoxy groups -OCH3 is 2. The molecule has 2 rings (SSSR count). The molecule has 0 atom stereocenters. The molecular weight excluding hydrogens is 272 g/mol. The predicted molar refractivity (Wildman–Crippen MR) is 85.2 cm³/mol. The Labute approximate surface area is 125 Å². The van der Waals surface area contributed by atoms with E-state index in [0.29, 0.717) is 0 Å². The Kier molecular flexibility index (Phi) is 4.81. The normalized spacial score (nSPS) is 16.7. The monoisotopic (exact) mass is 294 g/mol. The van der Waals surface area contributed by atoms with Crippen LogP contribution >= 0.6 is 11.8 Å². The van der Waals surface area contributed by atoms with Crippen LogP contribution in [-0.4, -0.2) is 37.2 Å². The van der Waals surface area contributed by atoms with E-state index in [1.54, 1.807) is 14.2 Å². The molecule has 110 valence electrons. The molecule has 1 aromatic carbocycles. The number of nitrogens with zero attached hydrogens (tertiary/aromatic N) is 1. The van der Waals surface area contributed by atoms with Crippen LogP contribution in [0.1, 0.15) is 19.4 Å². The standard InChI is InChI=1S/C15H22N2O2S/c1-15(2)10-17-14(20-15)16-8-7-11-5-6-12(18-3)13(9-11)19-4/h5-6,9H,7-8,10H2,1-4H3,(H,16,17). The second-order valence-electron chi connectivity index (χ2n) is 5.35. The summed E-state index contributed by atoms with van der Waals surface area (Å²) >= 11 is 1.81. The summed E-state index contributed by atoms with van der Waals surface area (Å²) in [6.07, 6.45) is 0.931. The highest BCUT2D eigenvalue weighted by atomic mass is 32.2. The SMILES string of the molecule is COc1ccc(CCNC2=NCC(C)(C)S2)cc1OC. The van der Waals surface area contributed by atoms with Crippen molar-refractivity contribution in [3.63, 3.8) is 0 Å². The molecule has 1 aromatic rings. The Morgan fingerprint density at radius 2 is 2.00 bits per heavy atom. The summed E-state index contributed by atoms with van der Waals surface area (Å²) in [6.45, 7) is 6.18. The molecule has 1 aliphatic heterocycles. The summed E-state index contributed by atoms with van der Waals surface area (Å²) < 4.78 is 10.8. The number of aliphatic imine (C=N–C) groups is 1. The van der Waals surface area contributed by atoms with Crippen LogP contribution in [0.15, 0.2) is 23.2 Å². The average Bonchev–Trinajstić information content (AvgIpc) is 2.78. The number of hydrogen-bond donors (Lipinski definition) is 1. The summed E-state index contributed by atoms with van der Waals surface area (Å²) in [5, 5.41) is 4.44. The molecule has 0 saturated carbocycles. The highest BCUT2D eigenvalue weighted by Gasteiger charge is 2.26. The summed E-state index contributed by atoms with van der Waals surface area (Å²) in [4.78, 5) is 4.50. The van der Waals surface area contributed by atoms with Gasteiger partial charge in [0.1, 0.15) is 0 Å². The number of rotatable bonds is 5. The summed E-state index contributed by atoms with van der Waals surface area (Å²) in [5.41, 5.74) is 1.22. The lowest BCUT2D eigenvalue weighted by Gasteiger charge is -2.14.